The molecule has 268 valence electrons. The second kappa shape index (κ2) is 17.2. The van der Waals surface area contributed by atoms with E-state index in [-0.39, 0.29) is 30.3 Å². The molecule has 0 aliphatic carbocycles. The Balaban J connectivity index is 1.60. The number of benzene rings is 3. The zero-order chi connectivity index (χ0) is 36.5. The van der Waals surface area contributed by atoms with Crippen LogP contribution in [-0.4, -0.2) is 66.8 Å². The molecule has 3 aromatic carbocycles. The highest BCUT2D eigenvalue weighted by Crippen LogP contribution is 2.34. The van der Waals surface area contributed by atoms with Crippen LogP contribution >= 0.6 is 11.3 Å². The van der Waals surface area contributed by atoms with Gasteiger partial charge in [0.1, 0.15) is 6.04 Å². The molecule has 0 fully saturated rings. The average Bonchev–Trinajstić information content (AvgIpc) is 3.55. The minimum Gasteiger partial charge on any atom is -0.453 e. The molecular weight excluding hydrogens is 675 g/mol. The number of nitrogens with zero attached hydrogens (tertiary/aromatic N) is 1. The summed E-state index contributed by atoms with van der Waals surface area (Å²) in [7, 11) is -2.82. The lowest BCUT2D eigenvalue weighted by atomic mass is 9.84. The lowest BCUT2D eigenvalue weighted by molar-refractivity contribution is -0.123. The first-order chi connectivity index (χ1) is 23.7. The van der Waals surface area contributed by atoms with Crippen LogP contribution in [0.15, 0.2) is 102 Å². The molecule has 1 aromatic heterocycles. The minimum atomic E-state index is -4.06. The van der Waals surface area contributed by atoms with Gasteiger partial charge in [-0.1, -0.05) is 86.6 Å². The fraction of sp³-hybridized carbons (Fsp3) is 0.368. The number of sulfonamides is 1. The summed E-state index contributed by atoms with van der Waals surface area (Å²) in [5.74, 6) is -0.999. The Morgan fingerprint density at radius 3 is 2.08 bits per heavy atom. The summed E-state index contributed by atoms with van der Waals surface area (Å²) in [5.41, 5.74) is 1.32. The number of hydrogen-bond acceptors (Lipinski definition) is 8. The first kappa shape index (κ1) is 38.7. The van der Waals surface area contributed by atoms with Gasteiger partial charge in [-0.05, 0) is 60.7 Å². The van der Waals surface area contributed by atoms with Gasteiger partial charge in [-0.2, -0.15) is 4.31 Å². The van der Waals surface area contributed by atoms with E-state index in [2.05, 4.69) is 10.6 Å². The van der Waals surface area contributed by atoms with Crippen LogP contribution in [0, 0.1) is 5.92 Å². The number of amides is 2. The van der Waals surface area contributed by atoms with Crippen LogP contribution < -0.4 is 10.6 Å². The van der Waals surface area contributed by atoms with Crippen molar-refractivity contribution in [2.45, 2.75) is 69.2 Å². The van der Waals surface area contributed by atoms with Crippen LogP contribution in [0.5, 0.6) is 0 Å². The number of nitrogens with one attached hydrogen (secondary N) is 2. The van der Waals surface area contributed by atoms with Gasteiger partial charge in [0.15, 0.2) is 0 Å². The number of rotatable bonds is 16. The van der Waals surface area contributed by atoms with Gasteiger partial charge >= 0.3 is 6.09 Å². The summed E-state index contributed by atoms with van der Waals surface area (Å²) in [6.07, 6.45) is -0.472. The monoisotopic (exact) mass is 721 g/mol. The van der Waals surface area contributed by atoms with Gasteiger partial charge in [0.25, 0.3) is 0 Å². The van der Waals surface area contributed by atoms with E-state index >= 15 is 0 Å². The van der Waals surface area contributed by atoms with Crippen molar-refractivity contribution in [3.8, 4) is 0 Å². The third-order valence-electron chi connectivity index (χ3n) is 8.05. The number of carbonyl (C=O) groups excluding carboxylic acids is 2. The van der Waals surface area contributed by atoms with E-state index < -0.39 is 52.2 Å². The Kier molecular flexibility index (Phi) is 13.3. The molecule has 10 nitrogen and oxygen atoms in total. The van der Waals surface area contributed by atoms with Crippen molar-refractivity contribution < 1.29 is 33.0 Å². The molecule has 0 aliphatic rings. The number of carbonyl (C=O) groups is 2. The maximum absolute atomic E-state index is 14.1. The highest BCUT2D eigenvalue weighted by Gasteiger charge is 2.35. The standard InChI is InChI=1S/C38H47N3O7S2/c1-26(2)24-41(50(46,47)31-18-12-13-27(21-31)22-38(3,4)45)32(25-42)33-20-19-30(49-33)23-39-36(43)35(40-37(44)48-5)34(28-14-8-6-9-15-28)29-16-10-7-11-17-29/h6-21,26,32,34-35,42,45H,22-25H2,1-5H3,(H,39,43)(H,40,44). The maximum Gasteiger partial charge on any atom is 0.407 e. The Labute approximate surface area is 299 Å². The zero-order valence-corrected chi connectivity index (χ0v) is 30.7. The number of aliphatic hydroxyl groups is 2. The molecule has 0 bridgehead atoms. The molecule has 12 heteroatoms. The number of thiophene rings is 1. The number of methoxy groups -OCH3 is 1. The highest BCUT2D eigenvalue weighted by molar-refractivity contribution is 7.89. The lowest BCUT2D eigenvalue weighted by Crippen LogP contribution is -2.50. The highest BCUT2D eigenvalue weighted by atomic mass is 32.2. The molecule has 0 saturated heterocycles. The van der Waals surface area contributed by atoms with E-state index in [9.17, 15) is 28.2 Å². The summed E-state index contributed by atoms with van der Waals surface area (Å²) in [6, 6.07) is 27.1. The van der Waals surface area contributed by atoms with Crippen LogP contribution in [-0.2, 0) is 32.5 Å². The molecule has 0 spiro atoms. The Morgan fingerprint density at radius 1 is 0.920 bits per heavy atom. The lowest BCUT2D eigenvalue weighted by Gasteiger charge is -2.31. The van der Waals surface area contributed by atoms with Gasteiger partial charge in [0.05, 0.1) is 36.8 Å². The van der Waals surface area contributed by atoms with Crippen LogP contribution in [0.2, 0.25) is 0 Å². The van der Waals surface area contributed by atoms with E-state index in [1.807, 2.05) is 74.5 Å². The topological polar surface area (TPSA) is 145 Å². The van der Waals surface area contributed by atoms with Crippen molar-refractivity contribution in [3.05, 3.63) is 124 Å². The van der Waals surface area contributed by atoms with Crippen molar-refractivity contribution in [3.63, 3.8) is 0 Å². The fourth-order valence-electron chi connectivity index (χ4n) is 5.86. The number of alkyl carbamates (subject to hydrolysis) is 1. The molecule has 2 amide bonds. The third-order valence-corrected chi connectivity index (χ3v) is 11.1. The summed E-state index contributed by atoms with van der Waals surface area (Å²) in [6.45, 7) is 6.96. The van der Waals surface area contributed by atoms with Crippen molar-refractivity contribution in [2.75, 3.05) is 20.3 Å². The van der Waals surface area contributed by atoms with Crippen molar-refractivity contribution in [1.82, 2.24) is 14.9 Å². The van der Waals surface area contributed by atoms with E-state index in [0.29, 0.717) is 10.4 Å². The fourth-order valence-corrected chi connectivity index (χ4v) is 8.82. The summed E-state index contributed by atoms with van der Waals surface area (Å²) in [4.78, 5) is 27.8. The molecule has 4 rings (SSSR count). The van der Waals surface area contributed by atoms with Gasteiger partial charge in [0, 0.05) is 28.6 Å². The third kappa shape index (κ3) is 10.2. The molecule has 50 heavy (non-hydrogen) atoms. The molecule has 2 atom stereocenters. The van der Waals surface area contributed by atoms with Gasteiger partial charge in [-0.15, -0.1) is 11.3 Å². The first-order valence-electron chi connectivity index (χ1n) is 16.5. The normalized spacial score (nSPS) is 13.3. The SMILES string of the molecule is COC(=O)NC(C(=O)NCc1ccc(C(CO)N(CC(C)C)S(=O)(=O)c2cccc(CC(C)(C)O)c2)s1)C(c1ccccc1)c1ccccc1. The van der Waals surface area contributed by atoms with Gasteiger partial charge in [-0.3, -0.25) is 4.79 Å². The van der Waals surface area contributed by atoms with Crippen molar-refractivity contribution in [2.24, 2.45) is 5.92 Å². The largest absolute Gasteiger partial charge is 0.453 e. The molecule has 0 radical (unpaired) electrons. The molecular formula is C38H47N3O7S2. The molecule has 1 heterocycles. The minimum absolute atomic E-state index is 0.0430. The number of ether oxygens (including phenoxy) is 1. The summed E-state index contributed by atoms with van der Waals surface area (Å²) >= 11 is 1.29. The van der Waals surface area contributed by atoms with Crippen LogP contribution in [0.3, 0.4) is 0 Å². The summed E-state index contributed by atoms with van der Waals surface area (Å²) < 4.78 is 34.5. The first-order valence-corrected chi connectivity index (χ1v) is 18.7. The second-order valence-electron chi connectivity index (χ2n) is 13.2. The van der Waals surface area contributed by atoms with E-state index in [1.165, 1.54) is 28.8 Å². The Hall–Kier alpha value is -4.07. The molecule has 2 unspecified atom stereocenters. The zero-order valence-electron chi connectivity index (χ0n) is 29.1. The Morgan fingerprint density at radius 2 is 1.54 bits per heavy atom. The molecule has 0 aliphatic heterocycles. The quantitative estimate of drug-likeness (QED) is 0.118. The van der Waals surface area contributed by atoms with Crippen molar-refractivity contribution >= 4 is 33.4 Å². The predicted molar refractivity (Wildman–Crippen MR) is 195 cm³/mol. The van der Waals surface area contributed by atoms with Crippen LogP contribution in [0.25, 0.3) is 0 Å². The summed E-state index contributed by atoms with van der Waals surface area (Å²) in [5, 5.41) is 26.6. The van der Waals surface area contributed by atoms with E-state index in [0.717, 1.165) is 16.0 Å². The van der Waals surface area contributed by atoms with E-state index in [1.54, 1.807) is 44.2 Å². The second-order valence-corrected chi connectivity index (χ2v) is 16.3. The van der Waals surface area contributed by atoms with Crippen LogP contribution in [0.1, 0.15) is 66.1 Å². The average molecular weight is 722 g/mol. The van der Waals surface area contributed by atoms with Crippen molar-refractivity contribution in [1.29, 1.82) is 0 Å². The van der Waals surface area contributed by atoms with Gasteiger partial charge < -0.3 is 25.6 Å². The smallest absolute Gasteiger partial charge is 0.407 e. The predicted octanol–water partition coefficient (Wildman–Crippen LogP) is 5.61. The molecule has 4 aromatic rings. The number of hydrogen-bond donors (Lipinski definition) is 4. The maximum atomic E-state index is 14.1. The van der Waals surface area contributed by atoms with Gasteiger partial charge in [-0.25, -0.2) is 13.2 Å². The van der Waals surface area contributed by atoms with Crippen LogP contribution in [0.4, 0.5) is 4.79 Å². The van der Waals surface area contributed by atoms with Gasteiger partial charge in [0.2, 0.25) is 15.9 Å². The molecule has 0 saturated carbocycles. The van der Waals surface area contributed by atoms with E-state index in [4.69, 9.17) is 4.74 Å². The Bertz CT molecular complexity index is 1770. The molecule has 4 N–H and O–H groups in total. The number of aliphatic hydroxyl groups excluding tert-OH is 1.